The van der Waals surface area contributed by atoms with Crippen molar-refractivity contribution in [2.45, 2.75) is 0 Å². The molecule has 0 aliphatic carbocycles. The summed E-state index contributed by atoms with van der Waals surface area (Å²) in [6.45, 7) is 4.46. The van der Waals surface area contributed by atoms with Crippen molar-refractivity contribution in [3.63, 3.8) is 0 Å². The molecule has 1 N–H and O–H groups in total. The number of aromatic nitrogens is 2. The molecule has 2 heterocycles. The average molecular weight is 235 g/mol. The summed E-state index contributed by atoms with van der Waals surface area (Å²) in [6.07, 6.45) is 5.44. The third-order valence-electron chi connectivity index (χ3n) is 2.90. The largest absolute Gasteiger partial charge is 0.381 e. The Labute approximate surface area is 105 Å². The lowest BCUT2D eigenvalue weighted by atomic mass is 10.1. The van der Waals surface area contributed by atoms with Gasteiger partial charge in [0.15, 0.2) is 0 Å². The fourth-order valence-corrected chi connectivity index (χ4v) is 2.11. The van der Waals surface area contributed by atoms with Crippen LogP contribution in [-0.2, 0) is 0 Å². The van der Waals surface area contributed by atoms with E-state index >= 15 is 0 Å². The molecular formula is C15H13N3. The lowest BCUT2D eigenvalue weighted by molar-refractivity contribution is 1.34. The van der Waals surface area contributed by atoms with Crippen LogP contribution in [0, 0.1) is 0 Å². The van der Waals surface area contributed by atoms with Crippen molar-refractivity contribution >= 4 is 27.5 Å². The van der Waals surface area contributed by atoms with Gasteiger partial charge in [-0.05, 0) is 24.3 Å². The molecule has 2 aromatic heterocycles. The molecule has 88 valence electrons. The Morgan fingerprint density at radius 3 is 2.72 bits per heavy atom. The van der Waals surface area contributed by atoms with Gasteiger partial charge in [0, 0.05) is 35.4 Å². The topological polar surface area (TPSA) is 37.8 Å². The van der Waals surface area contributed by atoms with Crippen LogP contribution in [0.3, 0.4) is 0 Å². The van der Waals surface area contributed by atoms with Gasteiger partial charge >= 0.3 is 0 Å². The smallest absolute Gasteiger partial charge is 0.0985 e. The third-order valence-corrected chi connectivity index (χ3v) is 2.90. The van der Waals surface area contributed by atoms with Crippen LogP contribution >= 0.6 is 0 Å². The molecule has 0 aliphatic rings. The van der Waals surface area contributed by atoms with Gasteiger partial charge in [-0.3, -0.25) is 9.97 Å². The summed E-state index contributed by atoms with van der Waals surface area (Å²) in [6, 6.07) is 10.1. The molecule has 0 amide bonds. The fourth-order valence-electron chi connectivity index (χ4n) is 2.11. The van der Waals surface area contributed by atoms with Gasteiger partial charge in [-0.2, -0.15) is 0 Å². The lowest BCUT2D eigenvalue weighted by Gasteiger charge is -2.09. The molecule has 18 heavy (non-hydrogen) atoms. The minimum Gasteiger partial charge on any atom is -0.381 e. The number of pyridine rings is 2. The van der Waals surface area contributed by atoms with Gasteiger partial charge in [-0.15, -0.1) is 6.58 Å². The summed E-state index contributed by atoms with van der Waals surface area (Å²) in [5.41, 5.74) is 2.94. The second-order valence-corrected chi connectivity index (χ2v) is 4.07. The first kappa shape index (κ1) is 10.7. The van der Waals surface area contributed by atoms with Crippen LogP contribution in [0.1, 0.15) is 0 Å². The van der Waals surface area contributed by atoms with Gasteiger partial charge in [0.1, 0.15) is 0 Å². The summed E-state index contributed by atoms with van der Waals surface area (Å²) in [7, 11) is 0. The molecule has 3 aromatic rings. The zero-order chi connectivity index (χ0) is 12.4. The number of hydrogen-bond acceptors (Lipinski definition) is 3. The summed E-state index contributed by atoms with van der Waals surface area (Å²) < 4.78 is 0. The SMILES string of the molecule is C=CCNc1cc2cccnc2c2ncccc12. The highest BCUT2D eigenvalue weighted by Gasteiger charge is 2.07. The summed E-state index contributed by atoms with van der Waals surface area (Å²) in [5.74, 6) is 0. The zero-order valence-corrected chi connectivity index (χ0v) is 9.93. The molecule has 0 unspecified atom stereocenters. The van der Waals surface area contributed by atoms with Crippen LogP contribution in [0.25, 0.3) is 21.8 Å². The average Bonchev–Trinajstić information content (AvgIpc) is 2.45. The molecule has 3 rings (SSSR count). The first-order valence-corrected chi connectivity index (χ1v) is 5.87. The molecule has 3 heteroatoms. The molecule has 0 saturated heterocycles. The van der Waals surface area contributed by atoms with Crippen molar-refractivity contribution in [2.75, 3.05) is 11.9 Å². The molecule has 0 radical (unpaired) electrons. The van der Waals surface area contributed by atoms with Crippen LogP contribution in [0.4, 0.5) is 5.69 Å². The molecule has 0 aliphatic heterocycles. The third kappa shape index (κ3) is 1.70. The number of fused-ring (bicyclic) bond motifs is 3. The minimum atomic E-state index is 0.732. The Kier molecular flexibility index (Phi) is 2.65. The molecule has 0 atom stereocenters. The zero-order valence-electron chi connectivity index (χ0n) is 9.93. The van der Waals surface area contributed by atoms with E-state index in [-0.39, 0.29) is 0 Å². The number of hydrogen-bond donors (Lipinski definition) is 1. The standard InChI is InChI=1S/C15H13N3/c1-2-7-16-13-10-11-5-3-8-17-14(11)15-12(13)6-4-9-18-15/h2-6,8-10,16H,1,7H2. The quantitative estimate of drug-likeness (QED) is 0.558. The fraction of sp³-hybridized carbons (Fsp3) is 0.0667. The van der Waals surface area contributed by atoms with E-state index in [1.807, 2.05) is 18.2 Å². The van der Waals surface area contributed by atoms with Crippen LogP contribution < -0.4 is 5.32 Å². The maximum atomic E-state index is 4.45. The molecule has 0 fully saturated rings. The van der Waals surface area contributed by atoms with Crippen LogP contribution in [0.15, 0.2) is 55.4 Å². The van der Waals surface area contributed by atoms with Crippen molar-refractivity contribution in [1.29, 1.82) is 0 Å². The molecule has 0 spiro atoms. The first-order valence-electron chi connectivity index (χ1n) is 5.87. The predicted octanol–water partition coefficient (Wildman–Crippen LogP) is 3.38. The maximum Gasteiger partial charge on any atom is 0.0985 e. The van der Waals surface area contributed by atoms with Crippen LogP contribution in [-0.4, -0.2) is 16.5 Å². The van der Waals surface area contributed by atoms with E-state index < -0.39 is 0 Å². The van der Waals surface area contributed by atoms with E-state index in [9.17, 15) is 0 Å². The highest BCUT2D eigenvalue weighted by molar-refractivity contribution is 6.08. The van der Waals surface area contributed by atoms with Crippen LogP contribution in [0.2, 0.25) is 0 Å². The second kappa shape index (κ2) is 4.45. The van der Waals surface area contributed by atoms with Gasteiger partial charge < -0.3 is 5.32 Å². The lowest BCUT2D eigenvalue weighted by Crippen LogP contribution is -1.99. The van der Waals surface area contributed by atoms with Crippen molar-refractivity contribution in [3.8, 4) is 0 Å². The van der Waals surface area contributed by atoms with E-state index in [1.54, 1.807) is 12.4 Å². The Hall–Kier alpha value is -2.42. The molecule has 1 aromatic carbocycles. The second-order valence-electron chi connectivity index (χ2n) is 4.07. The molecule has 0 bridgehead atoms. The van der Waals surface area contributed by atoms with Crippen LogP contribution in [0.5, 0.6) is 0 Å². The van der Waals surface area contributed by atoms with Gasteiger partial charge in [-0.1, -0.05) is 12.1 Å². The molecular weight excluding hydrogens is 222 g/mol. The maximum absolute atomic E-state index is 4.45. The summed E-state index contributed by atoms with van der Waals surface area (Å²) >= 11 is 0. The van der Waals surface area contributed by atoms with Gasteiger partial charge in [0.05, 0.1) is 11.0 Å². The number of nitrogens with one attached hydrogen (secondary N) is 1. The van der Waals surface area contributed by atoms with Crippen molar-refractivity contribution in [2.24, 2.45) is 0 Å². The Bertz CT molecular complexity index is 719. The Balaban J connectivity index is 2.35. The number of benzene rings is 1. The van der Waals surface area contributed by atoms with Crippen molar-refractivity contribution in [3.05, 3.63) is 55.4 Å². The van der Waals surface area contributed by atoms with E-state index in [0.717, 1.165) is 34.0 Å². The van der Waals surface area contributed by atoms with E-state index in [2.05, 4.69) is 40.1 Å². The minimum absolute atomic E-state index is 0.732. The summed E-state index contributed by atoms with van der Waals surface area (Å²) in [5, 5.41) is 5.52. The first-order chi connectivity index (χ1) is 8.90. The predicted molar refractivity (Wildman–Crippen MR) is 75.7 cm³/mol. The van der Waals surface area contributed by atoms with E-state index in [0.29, 0.717) is 0 Å². The molecule has 0 saturated carbocycles. The van der Waals surface area contributed by atoms with Crippen molar-refractivity contribution in [1.82, 2.24) is 9.97 Å². The Morgan fingerprint density at radius 1 is 1.11 bits per heavy atom. The monoisotopic (exact) mass is 235 g/mol. The number of anilines is 1. The van der Waals surface area contributed by atoms with Gasteiger partial charge in [0.25, 0.3) is 0 Å². The number of rotatable bonds is 3. The summed E-state index contributed by atoms with van der Waals surface area (Å²) in [4.78, 5) is 8.87. The highest BCUT2D eigenvalue weighted by Crippen LogP contribution is 2.28. The normalized spacial score (nSPS) is 10.7. The van der Waals surface area contributed by atoms with E-state index in [1.165, 1.54) is 0 Å². The van der Waals surface area contributed by atoms with Gasteiger partial charge in [0.2, 0.25) is 0 Å². The van der Waals surface area contributed by atoms with Gasteiger partial charge in [-0.25, -0.2) is 0 Å². The van der Waals surface area contributed by atoms with E-state index in [4.69, 9.17) is 0 Å². The highest BCUT2D eigenvalue weighted by atomic mass is 14.9. The molecule has 3 nitrogen and oxygen atoms in total. The Morgan fingerprint density at radius 2 is 1.89 bits per heavy atom. The van der Waals surface area contributed by atoms with Crippen molar-refractivity contribution < 1.29 is 0 Å². The number of nitrogens with zero attached hydrogens (tertiary/aromatic N) is 2.